The van der Waals surface area contributed by atoms with Gasteiger partial charge in [0.2, 0.25) is 5.95 Å². The summed E-state index contributed by atoms with van der Waals surface area (Å²) < 4.78 is 32.1. The summed E-state index contributed by atoms with van der Waals surface area (Å²) in [4.78, 5) is 39.0. The second-order valence-corrected chi connectivity index (χ2v) is 8.52. The Morgan fingerprint density at radius 2 is 1.62 bits per heavy atom. The molecule has 0 saturated carbocycles. The van der Waals surface area contributed by atoms with Crippen molar-refractivity contribution in [2.24, 2.45) is 0 Å². The number of ether oxygens (including phenoxy) is 1. The number of sulfonamides is 1. The van der Waals surface area contributed by atoms with E-state index in [2.05, 4.69) is 30.0 Å². The molecule has 0 aliphatic heterocycles. The lowest BCUT2D eigenvalue weighted by Crippen LogP contribution is -2.21. The predicted molar refractivity (Wildman–Crippen MR) is 122 cm³/mol. The molecule has 4 rings (SSSR count). The minimum absolute atomic E-state index is 0.0395. The molecule has 0 bridgehead atoms. The molecule has 2 aromatic heterocycles. The van der Waals surface area contributed by atoms with Crippen LogP contribution in [-0.4, -0.2) is 46.8 Å². The molecule has 0 aliphatic rings. The first-order chi connectivity index (χ1) is 16.4. The lowest BCUT2D eigenvalue weighted by Gasteiger charge is -2.09. The van der Waals surface area contributed by atoms with Gasteiger partial charge in [0.1, 0.15) is 5.82 Å². The van der Waals surface area contributed by atoms with E-state index in [1.54, 1.807) is 42.7 Å². The van der Waals surface area contributed by atoms with Gasteiger partial charge in [-0.3, -0.25) is 4.79 Å². The molecule has 0 spiro atoms. The van der Waals surface area contributed by atoms with Gasteiger partial charge >= 0.3 is 5.97 Å². The number of H-pyrrole nitrogens is 1. The van der Waals surface area contributed by atoms with Crippen LogP contribution in [0, 0.1) is 0 Å². The number of aromatic nitrogens is 4. The Labute approximate surface area is 194 Å². The Morgan fingerprint density at radius 1 is 0.912 bits per heavy atom. The molecule has 0 aliphatic carbocycles. The molecule has 3 N–H and O–H groups in total. The summed E-state index contributed by atoms with van der Waals surface area (Å²) in [6, 6.07) is 13.6. The third-order valence-corrected chi connectivity index (χ3v) is 5.81. The Morgan fingerprint density at radius 3 is 2.26 bits per heavy atom. The van der Waals surface area contributed by atoms with Crippen molar-refractivity contribution in [2.75, 3.05) is 16.6 Å². The van der Waals surface area contributed by atoms with Crippen LogP contribution in [0.1, 0.15) is 10.4 Å². The summed E-state index contributed by atoms with van der Waals surface area (Å²) in [5, 5.41) is 2.54. The summed E-state index contributed by atoms with van der Waals surface area (Å²) in [7, 11) is -3.89. The van der Waals surface area contributed by atoms with Crippen molar-refractivity contribution in [1.29, 1.82) is 0 Å². The van der Waals surface area contributed by atoms with Crippen molar-refractivity contribution < 1.29 is 22.7 Å². The zero-order valence-electron chi connectivity index (χ0n) is 17.5. The second-order valence-electron chi connectivity index (χ2n) is 6.84. The molecular formula is C22H18N6O5S. The van der Waals surface area contributed by atoms with Gasteiger partial charge in [0.05, 0.1) is 10.5 Å². The van der Waals surface area contributed by atoms with E-state index in [9.17, 15) is 18.0 Å². The van der Waals surface area contributed by atoms with Crippen molar-refractivity contribution >= 4 is 33.5 Å². The molecule has 2 aromatic carbocycles. The van der Waals surface area contributed by atoms with E-state index in [1.807, 2.05) is 0 Å². The summed E-state index contributed by atoms with van der Waals surface area (Å²) in [5.41, 5.74) is 1.42. The van der Waals surface area contributed by atoms with E-state index >= 15 is 0 Å². The van der Waals surface area contributed by atoms with Crippen LogP contribution in [0.4, 0.5) is 11.6 Å². The summed E-state index contributed by atoms with van der Waals surface area (Å²) in [5.74, 6) is -0.622. The molecule has 12 heteroatoms. The maximum Gasteiger partial charge on any atom is 0.338 e. The Bertz CT molecular complexity index is 1370. The summed E-state index contributed by atoms with van der Waals surface area (Å²) in [6.45, 7) is -0.508. The Hall–Kier alpha value is -4.58. The van der Waals surface area contributed by atoms with E-state index in [4.69, 9.17) is 4.74 Å². The minimum Gasteiger partial charge on any atom is -0.452 e. The van der Waals surface area contributed by atoms with Gasteiger partial charge in [0, 0.05) is 36.0 Å². The number of benzene rings is 2. The van der Waals surface area contributed by atoms with Crippen LogP contribution in [0.2, 0.25) is 0 Å². The van der Waals surface area contributed by atoms with Crippen LogP contribution >= 0.6 is 0 Å². The van der Waals surface area contributed by atoms with Gasteiger partial charge in [0.15, 0.2) is 6.61 Å². The molecule has 1 amide bonds. The van der Waals surface area contributed by atoms with Gasteiger partial charge in [-0.2, -0.15) is 0 Å². The van der Waals surface area contributed by atoms with E-state index < -0.39 is 28.5 Å². The number of nitrogens with one attached hydrogen (secondary N) is 3. The minimum atomic E-state index is -3.89. The molecule has 11 nitrogen and oxygen atoms in total. The molecule has 4 aromatic rings. The van der Waals surface area contributed by atoms with Gasteiger partial charge in [-0.1, -0.05) is 12.1 Å². The third kappa shape index (κ3) is 5.61. The molecule has 34 heavy (non-hydrogen) atoms. The molecule has 0 unspecified atom stereocenters. The number of carbonyl (C=O) groups excluding carboxylic acids is 2. The van der Waals surface area contributed by atoms with Gasteiger partial charge in [0.25, 0.3) is 15.9 Å². The standard InChI is InChI=1S/C22H18N6O5S/c29-19(14-33-21(30)16-4-2-15(3-5-16)20-23-12-13-24-20)27-17-6-8-18(9-7-17)34(31,32)28-22-25-10-1-11-26-22/h1-13H,14H2,(H,23,24)(H,27,29)(H,25,26,28). The monoisotopic (exact) mass is 478 g/mol. The largest absolute Gasteiger partial charge is 0.452 e. The van der Waals surface area contributed by atoms with Crippen LogP contribution in [-0.2, 0) is 19.6 Å². The first-order valence-electron chi connectivity index (χ1n) is 9.87. The number of aromatic amines is 1. The summed E-state index contributed by atoms with van der Waals surface area (Å²) >= 11 is 0. The van der Waals surface area contributed by atoms with Gasteiger partial charge in [-0.25, -0.2) is 32.9 Å². The average molecular weight is 478 g/mol. The fourth-order valence-corrected chi connectivity index (χ4v) is 3.81. The highest BCUT2D eigenvalue weighted by Crippen LogP contribution is 2.17. The summed E-state index contributed by atoms with van der Waals surface area (Å²) in [6.07, 6.45) is 6.14. The zero-order valence-corrected chi connectivity index (χ0v) is 18.3. The zero-order chi connectivity index (χ0) is 24.0. The highest BCUT2D eigenvalue weighted by Gasteiger charge is 2.16. The van der Waals surface area contributed by atoms with Crippen molar-refractivity contribution in [1.82, 2.24) is 19.9 Å². The van der Waals surface area contributed by atoms with Gasteiger partial charge in [-0.15, -0.1) is 0 Å². The number of hydrogen-bond acceptors (Lipinski definition) is 8. The third-order valence-electron chi connectivity index (χ3n) is 4.47. The molecule has 2 heterocycles. The lowest BCUT2D eigenvalue weighted by atomic mass is 10.1. The van der Waals surface area contributed by atoms with Crippen LogP contribution in [0.5, 0.6) is 0 Å². The number of hydrogen-bond donors (Lipinski definition) is 3. The quantitative estimate of drug-likeness (QED) is 0.326. The maximum absolute atomic E-state index is 12.4. The molecule has 0 radical (unpaired) electrons. The van der Waals surface area contributed by atoms with Crippen LogP contribution in [0.3, 0.4) is 0 Å². The van der Waals surface area contributed by atoms with Crippen LogP contribution < -0.4 is 10.0 Å². The van der Waals surface area contributed by atoms with Crippen molar-refractivity contribution in [3.05, 3.63) is 84.9 Å². The first-order valence-corrected chi connectivity index (χ1v) is 11.4. The predicted octanol–water partition coefficient (Wildman–Crippen LogP) is 2.46. The second kappa shape index (κ2) is 9.92. The molecule has 0 atom stereocenters. The number of nitrogens with zero attached hydrogens (tertiary/aromatic N) is 3. The highest BCUT2D eigenvalue weighted by atomic mass is 32.2. The molecular weight excluding hydrogens is 460 g/mol. The average Bonchev–Trinajstić information content (AvgIpc) is 3.38. The van der Waals surface area contributed by atoms with Crippen molar-refractivity contribution in [2.45, 2.75) is 4.90 Å². The first kappa shape index (κ1) is 22.6. The number of anilines is 2. The topological polar surface area (TPSA) is 156 Å². The number of rotatable bonds is 8. The van der Waals surface area contributed by atoms with Crippen LogP contribution in [0.25, 0.3) is 11.4 Å². The highest BCUT2D eigenvalue weighted by molar-refractivity contribution is 7.92. The number of esters is 1. The lowest BCUT2D eigenvalue weighted by molar-refractivity contribution is -0.119. The normalized spacial score (nSPS) is 10.9. The van der Waals surface area contributed by atoms with Crippen molar-refractivity contribution in [3.8, 4) is 11.4 Å². The van der Waals surface area contributed by atoms with E-state index in [1.165, 1.54) is 36.7 Å². The Kier molecular flexibility index (Phi) is 6.59. The smallest absolute Gasteiger partial charge is 0.338 e. The van der Waals surface area contributed by atoms with Crippen LogP contribution in [0.15, 0.2) is 84.3 Å². The molecule has 0 saturated heterocycles. The van der Waals surface area contributed by atoms with E-state index in [0.29, 0.717) is 11.5 Å². The fraction of sp³-hybridized carbons (Fsp3) is 0.0455. The van der Waals surface area contributed by atoms with Gasteiger partial charge in [-0.05, 0) is 42.5 Å². The van der Waals surface area contributed by atoms with Gasteiger partial charge < -0.3 is 15.0 Å². The van der Waals surface area contributed by atoms with E-state index in [0.717, 1.165) is 5.56 Å². The number of imidazole rings is 1. The number of carbonyl (C=O) groups is 2. The number of amides is 1. The van der Waals surface area contributed by atoms with E-state index in [-0.39, 0.29) is 16.4 Å². The van der Waals surface area contributed by atoms with Crippen molar-refractivity contribution in [3.63, 3.8) is 0 Å². The Balaban J connectivity index is 1.29. The SMILES string of the molecule is O=C(COC(=O)c1ccc(-c2ncc[nH]2)cc1)Nc1ccc(S(=O)(=O)Nc2ncccn2)cc1. The molecule has 172 valence electrons. The maximum atomic E-state index is 12.4. The molecule has 0 fully saturated rings. The fourth-order valence-electron chi connectivity index (χ4n) is 2.85.